The van der Waals surface area contributed by atoms with Gasteiger partial charge in [-0.2, -0.15) is 11.3 Å². The molecule has 0 aromatic carbocycles. The van der Waals surface area contributed by atoms with Crippen molar-refractivity contribution in [1.82, 2.24) is 24.0 Å². The second-order valence-electron chi connectivity index (χ2n) is 6.41. The quantitative estimate of drug-likeness (QED) is 0.413. The van der Waals surface area contributed by atoms with Gasteiger partial charge in [-0.05, 0) is 17.9 Å². The van der Waals surface area contributed by atoms with Gasteiger partial charge >= 0.3 is 11.7 Å². The molecule has 0 spiro atoms. The average Bonchev–Trinajstić information content (AvgIpc) is 3.38. The number of nitrogens with zero attached hydrogens (tertiary/aromatic N) is 4. The molecule has 3 aromatic rings. The molecule has 0 bridgehead atoms. The summed E-state index contributed by atoms with van der Waals surface area (Å²) in [6.07, 6.45) is 2.08. The third-order valence-corrected chi connectivity index (χ3v) is 5.12. The van der Waals surface area contributed by atoms with Crippen LogP contribution in [0.25, 0.3) is 11.2 Å². The first kappa shape index (κ1) is 20.5. The van der Waals surface area contributed by atoms with Crippen molar-refractivity contribution >= 4 is 34.4 Å². The molecule has 154 valence electrons. The maximum atomic E-state index is 12.3. The second kappa shape index (κ2) is 8.86. The molecular weight excluding hydrogens is 398 g/mol. The molecule has 3 heterocycles. The van der Waals surface area contributed by atoms with Gasteiger partial charge in [-0.15, -0.1) is 0 Å². The third-order valence-electron chi connectivity index (χ3n) is 4.44. The highest BCUT2D eigenvalue weighted by atomic mass is 32.1. The van der Waals surface area contributed by atoms with Crippen LogP contribution in [0.4, 0.5) is 0 Å². The normalized spacial score (nSPS) is 11.0. The second-order valence-corrected chi connectivity index (χ2v) is 7.19. The fourth-order valence-electron chi connectivity index (χ4n) is 2.83. The van der Waals surface area contributed by atoms with Crippen LogP contribution in [-0.2, 0) is 30.2 Å². The van der Waals surface area contributed by atoms with E-state index in [1.807, 2.05) is 5.38 Å². The lowest BCUT2D eigenvalue weighted by Crippen LogP contribution is -2.37. The number of carbonyl (C=O) groups excluding carboxylic acids is 2. The Morgan fingerprint density at radius 3 is 2.76 bits per heavy atom. The Kier molecular flexibility index (Phi) is 6.27. The maximum Gasteiger partial charge on any atom is 0.332 e. The first-order valence-electron chi connectivity index (χ1n) is 8.97. The van der Waals surface area contributed by atoms with Gasteiger partial charge in [-0.25, -0.2) is 9.78 Å². The summed E-state index contributed by atoms with van der Waals surface area (Å²) in [5, 5.41) is 6.33. The van der Waals surface area contributed by atoms with Crippen LogP contribution in [-0.4, -0.2) is 43.7 Å². The molecule has 10 nitrogen and oxygen atoms in total. The Morgan fingerprint density at radius 1 is 1.24 bits per heavy atom. The van der Waals surface area contributed by atoms with Crippen molar-refractivity contribution in [2.45, 2.75) is 19.4 Å². The molecule has 0 saturated heterocycles. The van der Waals surface area contributed by atoms with Gasteiger partial charge in [0, 0.05) is 38.0 Å². The molecule has 1 N–H and O–H groups in total. The van der Waals surface area contributed by atoms with Crippen LogP contribution in [0, 0.1) is 0 Å². The number of amides is 1. The first-order valence-corrected chi connectivity index (χ1v) is 9.91. The van der Waals surface area contributed by atoms with Gasteiger partial charge in [0.15, 0.2) is 11.2 Å². The molecule has 3 aromatic heterocycles. The summed E-state index contributed by atoms with van der Waals surface area (Å²) in [5.41, 5.74) is 0.264. The lowest BCUT2D eigenvalue weighted by Gasteiger charge is -2.08. The third kappa shape index (κ3) is 4.45. The molecule has 0 atom stereocenters. The van der Waals surface area contributed by atoms with Crippen LogP contribution in [0.3, 0.4) is 0 Å². The van der Waals surface area contributed by atoms with Crippen LogP contribution in [0.15, 0.2) is 32.7 Å². The van der Waals surface area contributed by atoms with E-state index in [0.29, 0.717) is 18.5 Å². The molecule has 0 saturated carbocycles. The van der Waals surface area contributed by atoms with E-state index in [4.69, 9.17) is 4.74 Å². The Bertz CT molecular complexity index is 1140. The fourth-order valence-corrected chi connectivity index (χ4v) is 3.46. The number of rotatable bonds is 8. The predicted octanol–water partition coefficient (Wildman–Crippen LogP) is 0.249. The molecule has 0 aliphatic carbocycles. The first-order chi connectivity index (χ1) is 13.9. The van der Waals surface area contributed by atoms with Crippen LogP contribution in [0.1, 0.15) is 23.2 Å². The summed E-state index contributed by atoms with van der Waals surface area (Å²) in [4.78, 5) is 52.0. The van der Waals surface area contributed by atoms with E-state index < -0.39 is 11.2 Å². The minimum atomic E-state index is -0.453. The summed E-state index contributed by atoms with van der Waals surface area (Å²) >= 11 is 1.44. The predicted molar refractivity (Wildman–Crippen MR) is 107 cm³/mol. The molecule has 3 rings (SSSR count). The van der Waals surface area contributed by atoms with Gasteiger partial charge in [0.05, 0.1) is 12.9 Å². The van der Waals surface area contributed by atoms with Crippen molar-refractivity contribution in [1.29, 1.82) is 0 Å². The number of thiophene rings is 1. The van der Waals surface area contributed by atoms with E-state index in [-0.39, 0.29) is 42.6 Å². The van der Waals surface area contributed by atoms with Gasteiger partial charge in [-0.1, -0.05) is 0 Å². The number of aromatic nitrogens is 4. The highest BCUT2D eigenvalue weighted by Gasteiger charge is 2.14. The van der Waals surface area contributed by atoms with E-state index >= 15 is 0 Å². The average molecular weight is 419 g/mol. The number of nitrogens with one attached hydrogen (secondary N) is 1. The zero-order valence-electron chi connectivity index (χ0n) is 16.1. The minimum absolute atomic E-state index is 0.0670. The van der Waals surface area contributed by atoms with Gasteiger partial charge in [0.25, 0.3) is 11.5 Å². The van der Waals surface area contributed by atoms with Crippen molar-refractivity contribution < 1.29 is 14.3 Å². The van der Waals surface area contributed by atoms with Crippen molar-refractivity contribution in [2.75, 3.05) is 13.2 Å². The SMILES string of the molecule is Cn1c(=O)c2c(ncn2CCOC(=O)CCCNC(=O)c2ccsc2)n(C)c1=O. The van der Waals surface area contributed by atoms with E-state index in [2.05, 4.69) is 10.3 Å². The van der Waals surface area contributed by atoms with Crippen LogP contribution >= 0.6 is 11.3 Å². The Hall–Kier alpha value is -3.21. The van der Waals surface area contributed by atoms with Crippen LogP contribution < -0.4 is 16.6 Å². The van der Waals surface area contributed by atoms with Gasteiger partial charge in [0.1, 0.15) is 6.61 Å². The molecule has 0 radical (unpaired) electrons. The van der Waals surface area contributed by atoms with E-state index in [1.165, 1.54) is 29.3 Å². The number of ether oxygens (including phenoxy) is 1. The maximum absolute atomic E-state index is 12.3. The Balaban J connectivity index is 1.46. The molecule has 29 heavy (non-hydrogen) atoms. The number of esters is 1. The number of imidazole rings is 1. The van der Waals surface area contributed by atoms with Gasteiger partial charge in [0.2, 0.25) is 0 Å². The van der Waals surface area contributed by atoms with Gasteiger partial charge < -0.3 is 14.6 Å². The van der Waals surface area contributed by atoms with Gasteiger partial charge in [-0.3, -0.25) is 23.5 Å². The van der Waals surface area contributed by atoms with Crippen molar-refractivity contribution in [3.05, 3.63) is 49.6 Å². The van der Waals surface area contributed by atoms with Crippen LogP contribution in [0.2, 0.25) is 0 Å². The molecule has 11 heteroatoms. The lowest BCUT2D eigenvalue weighted by molar-refractivity contribution is -0.144. The largest absolute Gasteiger partial charge is 0.464 e. The smallest absolute Gasteiger partial charge is 0.332 e. The zero-order chi connectivity index (χ0) is 21.0. The van der Waals surface area contributed by atoms with Crippen molar-refractivity contribution in [3.8, 4) is 0 Å². The topological polar surface area (TPSA) is 117 Å². The van der Waals surface area contributed by atoms with Crippen molar-refractivity contribution in [3.63, 3.8) is 0 Å². The number of aryl methyl sites for hydroxylation is 1. The summed E-state index contributed by atoms with van der Waals surface area (Å²) in [7, 11) is 2.94. The Labute approximate surface area is 169 Å². The van der Waals surface area contributed by atoms with Crippen molar-refractivity contribution in [2.24, 2.45) is 14.1 Å². The Morgan fingerprint density at radius 2 is 2.03 bits per heavy atom. The number of fused-ring (bicyclic) bond motifs is 1. The molecule has 0 unspecified atom stereocenters. The molecular formula is C18H21N5O5S. The number of hydrogen-bond donors (Lipinski definition) is 1. The molecule has 1 amide bonds. The van der Waals surface area contributed by atoms with Crippen LogP contribution in [0.5, 0.6) is 0 Å². The fraction of sp³-hybridized carbons (Fsp3) is 0.389. The summed E-state index contributed by atoms with van der Waals surface area (Å²) in [6.45, 7) is 0.683. The molecule has 0 fully saturated rings. The summed E-state index contributed by atoms with van der Waals surface area (Å²) in [5.74, 6) is -0.554. The van der Waals surface area contributed by atoms with E-state index in [9.17, 15) is 19.2 Å². The minimum Gasteiger partial charge on any atom is -0.464 e. The lowest BCUT2D eigenvalue weighted by atomic mass is 10.3. The summed E-state index contributed by atoms with van der Waals surface area (Å²) in [6, 6.07) is 1.74. The molecule has 0 aliphatic heterocycles. The highest BCUT2D eigenvalue weighted by molar-refractivity contribution is 7.08. The standard InChI is InChI=1S/C18H21N5O5S/c1-21-15-14(17(26)22(2)18(21)27)23(11-20-15)7-8-28-13(24)4-3-6-19-16(25)12-5-9-29-10-12/h5,9-11H,3-4,6-8H2,1-2H3,(H,19,25). The number of carbonyl (C=O) groups is 2. The monoisotopic (exact) mass is 419 g/mol. The zero-order valence-corrected chi connectivity index (χ0v) is 16.9. The summed E-state index contributed by atoms with van der Waals surface area (Å²) < 4.78 is 9.06. The molecule has 0 aliphatic rings. The highest BCUT2D eigenvalue weighted by Crippen LogP contribution is 2.06. The van der Waals surface area contributed by atoms with E-state index in [1.54, 1.807) is 23.1 Å². The van der Waals surface area contributed by atoms with E-state index in [0.717, 1.165) is 4.57 Å². The number of hydrogen-bond acceptors (Lipinski definition) is 7.